The van der Waals surface area contributed by atoms with E-state index >= 15 is 0 Å². The summed E-state index contributed by atoms with van der Waals surface area (Å²) in [6.07, 6.45) is 0. The quantitative estimate of drug-likeness (QED) is 0.735. The Kier molecular flexibility index (Phi) is 3.75. The van der Waals surface area contributed by atoms with Gasteiger partial charge >= 0.3 is 11.9 Å². The average Bonchev–Trinajstić information content (AvgIpc) is 2.46. The average molecular weight is 269 g/mol. The highest BCUT2D eigenvalue weighted by Gasteiger charge is 2.10. The third kappa shape index (κ3) is 2.64. The lowest BCUT2D eigenvalue weighted by Crippen LogP contribution is -2.03. The van der Waals surface area contributed by atoms with Crippen LogP contribution < -0.4 is 5.23 Å². The first-order valence-electron chi connectivity index (χ1n) is 5.91. The van der Waals surface area contributed by atoms with Gasteiger partial charge in [-0.3, -0.25) is 0 Å². The molecular formula is C14H12BNO4. The summed E-state index contributed by atoms with van der Waals surface area (Å²) in [6, 6.07) is 11.4. The van der Waals surface area contributed by atoms with E-state index in [4.69, 9.17) is 10.2 Å². The molecule has 0 aromatic heterocycles. The second-order valence-electron chi connectivity index (χ2n) is 4.20. The maximum Gasteiger partial charge on any atom is 0.337 e. The van der Waals surface area contributed by atoms with Crippen LogP contribution in [0.2, 0.25) is 0 Å². The summed E-state index contributed by atoms with van der Waals surface area (Å²) >= 11 is 0. The van der Waals surface area contributed by atoms with Gasteiger partial charge in [-0.2, -0.15) is 0 Å². The third-order valence-electron chi connectivity index (χ3n) is 2.98. The van der Waals surface area contributed by atoms with Crippen molar-refractivity contribution in [2.75, 3.05) is 5.23 Å². The molecule has 0 aliphatic heterocycles. The van der Waals surface area contributed by atoms with Crippen molar-refractivity contribution < 1.29 is 19.8 Å². The van der Waals surface area contributed by atoms with Crippen LogP contribution in [0.4, 0.5) is 5.69 Å². The van der Waals surface area contributed by atoms with Gasteiger partial charge in [0, 0.05) is 5.69 Å². The first-order chi connectivity index (χ1) is 9.52. The lowest BCUT2D eigenvalue weighted by Gasteiger charge is -2.09. The molecule has 0 saturated heterocycles. The molecule has 0 radical (unpaired) electrons. The van der Waals surface area contributed by atoms with Gasteiger partial charge < -0.3 is 15.4 Å². The molecule has 6 heteroatoms. The number of benzene rings is 2. The molecular weight excluding hydrogens is 257 g/mol. The van der Waals surface area contributed by atoms with E-state index in [0.717, 1.165) is 11.1 Å². The number of hydrogen-bond donors (Lipinski definition) is 3. The fraction of sp³-hybridized carbons (Fsp3) is 0. The topological polar surface area (TPSA) is 86.6 Å². The number of aromatic carboxylic acids is 2. The molecule has 3 N–H and O–H groups in total. The van der Waals surface area contributed by atoms with Crippen LogP contribution in [0.15, 0.2) is 42.5 Å². The summed E-state index contributed by atoms with van der Waals surface area (Å²) in [5, 5.41) is 20.7. The number of carbonyl (C=O) groups is 2. The summed E-state index contributed by atoms with van der Waals surface area (Å²) in [4.78, 5) is 21.8. The van der Waals surface area contributed by atoms with Gasteiger partial charge in [0.25, 0.3) is 0 Å². The van der Waals surface area contributed by atoms with E-state index in [1.807, 2.05) is 0 Å². The second kappa shape index (κ2) is 5.48. The predicted molar refractivity (Wildman–Crippen MR) is 78.0 cm³/mol. The van der Waals surface area contributed by atoms with Gasteiger partial charge in [-0.15, -0.1) is 0 Å². The van der Waals surface area contributed by atoms with Crippen LogP contribution >= 0.6 is 0 Å². The maximum absolute atomic E-state index is 11.0. The van der Waals surface area contributed by atoms with Crippen LogP contribution in [0.3, 0.4) is 0 Å². The lowest BCUT2D eigenvalue weighted by atomic mass is 10.0. The van der Waals surface area contributed by atoms with Crippen LogP contribution in [0, 0.1) is 0 Å². The maximum atomic E-state index is 11.0. The van der Waals surface area contributed by atoms with Crippen LogP contribution in [0.5, 0.6) is 0 Å². The Labute approximate surface area is 116 Å². The van der Waals surface area contributed by atoms with Gasteiger partial charge in [0.05, 0.1) is 11.1 Å². The summed E-state index contributed by atoms with van der Waals surface area (Å²) in [6.45, 7) is 0. The Morgan fingerprint density at radius 3 is 2.00 bits per heavy atom. The molecule has 0 unspecified atom stereocenters. The zero-order valence-corrected chi connectivity index (χ0v) is 10.8. The van der Waals surface area contributed by atoms with E-state index < -0.39 is 11.9 Å². The monoisotopic (exact) mass is 269 g/mol. The Hall–Kier alpha value is -2.76. The van der Waals surface area contributed by atoms with E-state index in [-0.39, 0.29) is 11.1 Å². The summed E-state index contributed by atoms with van der Waals surface area (Å²) in [5.41, 5.74) is 2.56. The number of rotatable bonds is 4. The highest BCUT2D eigenvalue weighted by molar-refractivity contribution is 6.18. The molecule has 5 nitrogen and oxygen atoms in total. The lowest BCUT2D eigenvalue weighted by molar-refractivity contribution is 0.0686. The minimum Gasteiger partial charge on any atom is -0.478 e. The molecule has 2 rings (SSSR count). The standard InChI is InChI=1S/C14H12BNO4/c15-16-12-7-10(5-6-11(12)14(19)20)8-1-3-9(4-2-8)13(17)18/h1-7,16H,15H2,(H,17,18)(H,19,20). The van der Waals surface area contributed by atoms with Gasteiger partial charge in [-0.25, -0.2) is 9.59 Å². The van der Waals surface area contributed by atoms with Gasteiger partial charge in [0.2, 0.25) is 7.98 Å². The molecule has 0 aliphatic carbocycles. The van der Waals surface area contributed by atoms with Crippen molar-refractivity contribution in [2.24, 2.45) is 0 Å². The number of nitrogens with one attached hydrogen (secondary N) is 1. The van der Waals surface area contributed by atoms with Crippen molar-refractivity contribution in [3.63, 3.8) is 0 Å². The Balaban J connectivity index is 2.42. The summed E-state index contributed by atoms with van der Waals surface area (Å²) in [7, 11) is 1.65. The minimum atomic E-state index is -0.998. The SMILES string of the molecule is BNc1cc(-c2ccc(C(=O)O)cc2)ccc1C(=O)O. The van der Waals surface area contributed by atoms with Crippen molar-refractivity contribution in [2.45, 2.75) is 0 Å². The van der Waals surface area contributed by atoms with Crippen molar-refractivity contribution in [1.82, 2.24) is 0 Å². The van der Waals surface area contributed by atoms with Crippen LogP contribution in [0.1, 0.15) is 20.7 Å². The fourth-order valence-electron chi connectivity index (χ4n) is 1.92. The third-order valence-corrected chi connectivity index (χ3v) is 2.98. The minimum absolute atomic E-state index is 0.193. The first kappa shape index (κ1) is 13.7. The van der Waals surface area contributed by atoms with E-state index in [1.54, 1.807) is 32.2 Å². The molecule has 2 aromatic rings. The van der Waals surface area contributed by atoms with E-state index in [1.165, 1.54) is 18.2 Å². The highest BCUT2D eigenvalue weighted by atomic mass is 16.4. The van der Waals surface area contributed by atoms with Gasteiger partial charge in [0.1, 0.15) is 0 Å². The molecule has 0 saturated carbocycles. The molecule has 20 heavy (non-hydrogen) atoms. The van der Waals surface area contributed by atoms with Crippen molar-refractivity contribution in [3.8, 4) is 11.1 Å². The number of anilines is 1. The summed E-state index contributed by atoms with van der Waals surface area (Å²) in [5.74, 6) is -1.98. The molecule has 0 aliphatic rings. The van der Waals surface area contributed by atoms with Crippen LogP contribution in [-0.2, 0) is 0 Å². The first-order valence-corrected chi connectivity index (χ1v) is 5.91. The highest BCUT2D eigenvalue weighted by Crippen LogP contribution is 2.26. The number of carboxylic acids is 2. The second-order valence-corrected chi connectivity index (χ2v) is 4.20. The molecule has 100 valence electrons. The van der Waals surface area contributed by atoms with Crippen molar-refractivity contribution in [1.29, 1.82) is 0 Å². The molecule has 0 heterocycles. The molecule has 2 aromatic carbocycles. The zero-order valence-electron chi connectivity index (χ0n) is 10.8. The Bertz CT molecular complexity index is 667. The zero-order chi connectivity index (χ0) is 14.7. The normalized spacial score (nSPS) is 10.0. The van der Waals surface area contributed by atoms with E-state index in [0.29, 0.717) is 5.69 Å². The van der Waals surface area contributed by atoms with Gasteiger partial charge in [0.15, 0.2) is 0 Å². The number of carboxylic acid groups (broad SMARTS) is 2. The van der Waals surface area contributed by atoms with Crippen molar-refractivity contribution >= 4 is 25.6 Å². The molecule has 0 atom stereocenters. The fourth-order valence-corrected chi connectivity index (χ4v) is 1.92. The Morgan fingerprint density at radius 1 is 0.900 bits per heavy atom. The molecule has 0 fully saturated rings. The smallest absolute Gasteiger partial charge is 0.337 e. The molecule has 0 spiro atoms. The molecule has 0 bridgehead atoms. The van der Waals surface area contributed by atoms with Crippen LogP contribution in [0.25, 0.3) is 11.1 Å². The van der Waals surface area contributed by atoms with Gasteiger partial charge in [-0.05, 0) is 35.4 Å². The van der Waals surface area contributed by atoms with E-state index in [9.17, 15) is 9.59 Å². The van der Waals surface area contributed by atoms with Gasteiger partial charge in [-0.1, -0.05) is 18.2 Å². The van der Waals surface area contributed by atoms with Crippen molar-refractivity contribution in [3.05, 3.63) is 53.6 Å². The predicted octanol–water partition coefficient (Wildman–Crippen LogP) is 1.71. The van der Waals surface area contributed by atoms with Crippen LogP contribution in [-0.4, -0.2) is 30.1 Å². The number of hydrogen-bond acceptors (Lipinski definition) is 3. The van der Waals surface area contributed by atoms with E-state index in [2.05, 4.69) is 5.23 Å². The molecule has 0 amide bonds. The summed E-state index contributed by atoms with van der Waals surface area (Å²) < 4.78 is 0. The Morgan fingerprint density at radius 2 is 1.50 bits per heavy atom. The largest absolute Gasteiger partial charge is 0.478 e.